The number of hydrogen-bond acceptors (Lipinski definition) is 3. The summed E-state index contributed by atoms with van der Waals surface area (Å²) in [6.07, 6.45) is -0.855. The number of carbonyl (C=O) groups is 1. The summed E-state index contributed by atoms with van der Waals surface area (Å²) in [5.74, 6) is 0.107. The molecule has 3 rings (SSSR count). The molecule has 1 aliphatic rings. The predicted octanol–water partition coefficient (Wildman–Crippen LogP) is 5.24. The maximum absolute atomic E-state index is 12.6. The molecular formula is C19H17F3O3. The Morgan fingerprint density at radius 1 is 1.00 bits per heavy atom. The van der Waals surface area contributed by atoms with E-state index in [1.165, 1.54) is 18.2 Å². The van der Waals surface area contributed by atoms with Gasteiger partial charge in [-0.1, -0.05) is 36.8 Å². The van der Waals surface area contributed by atoms with E-state index in [0.29, 0.717) is 23.7 Å². The largest absolute Gasteiger partial charge is 0.573 e. The number of hydrogen-bond donors (Lipinski definition) is 0. The van der Waals surface area contributed by atoms with Crippen LogP contribution in [0.25, 0.3) is 11.1 Å². The van der Waals surface area contributed by atoms with E-state index in [-0.39, 0.29) is 11.5 Å². The van der Waals surface area contributed by atoms with Crippen molar-refractivity contribution >= 4 is 6.29 Å². The van der Waals surface area contributed by atoms with Crippen LogP contribution in [0.15, 0.2) is 42.5 Å². The molecule has 3 nitrogen and oxygen atoms in total. The van der Waals surface area contributed by atoms with Gasteiger partial charge in [0, 0.05) is 5.56 Å². The fraction of sp³-hybridized carbons (Fsp3) is 0.316. The summed E-state index contributed by atoms with van der Waals surface area (Å²) < 4.78 is 47.5. The topological polar surface area (TPSA) is 35.5 Å². The van der Waals surface area contributed by atoms with E-state index < -0.39 is 6.36 Å². The molecule has 1 aliphatic carbocycles. The van der Waals surface area contributed by atoms with Crippen molar-refractivity contribution in [2.75, 3.05) is 6.61 Å². The molecule has 0 radical (unpaired) electrons. The molecule has 0 amide bonds. The van der Waals surface area contributed by atoms with E-state index in [0.717, 1.165) is 31.1 Å². The Labute approximate surface area is 143 Å². The van der Waals surface area contributed by atoms with Gasteiger partial charge in [0.2, 0.25) is 0 Å². The van der Waals surface area contributed by atoms with E-state index in [1.807, 2.05) is 0 Å². The smallest absolute Gasteiger partial charge is 0.489 e. The van der Waals surface area contributed by atoms with Crippen molar-refractivity contribution in [2.24, 2.45) is 5.92 Å². The van der Waals surface area contributed by atoms with E-state index in [1.54, 1.807) is 24.3 Å². The van der Waals surface area contributed by atoms with Crippen molar-refractivity contribution in [3.63, 3.8) is 0 Å². The number of ether oxygens (including phenoxy) is 2. The lowest BCUT2D eigenvalue weighted by atomic mass is 9.86. The number of halogens is 3. The lowest BCUT2D eigenvalue weighted by molar-refractivity contribution is -0.275. The first-order chi connectivity index (χ1) is 11.9. The second-order valence-corrected chi connectivity index (χ2v) is 6.06. The first-order valence-electron chi connectivity index (χ1n) is 8.03. The average molecular weight is 350 g/mol. The highest BCUT2D eigenvalue weighted by Crippen LogP contribution is 2.37. The van der Waals surface area contributed by atoms with Gasteiger partial charge in [-0.05, 0) is 42.0 Å². The zero-order valence-electron chi connectivity index (χ0n) is 13.4. The molecule has 2 aromatic rings. The monoisotopic (exact) mass is 350 g/mol. The molecule has 6 heteroatoms. The van der Waals surface area contributed by atoms with E-state index in [2.05, 4.69) is 4.74 Å². The van der Waals surface area contributed by atoms with E-state index in [4.69, 9.17) is 4.74 Å². The van der Waals surface area contributed by atoms with E-state index in [9.17, 15) is 18.0 Å². The molecular weight excluding hydrogens is 333 g/mol. The molecule has 0 unspecified atom stereocenters. The Morgan fingerprint density at radius 3 is 2.24 bits per heavy atom. The van der Waals surface area contributed by atoms with Gasteiger partial charge in [-0.3, -0.25) is 4.79 Å². The third-order valence-electron chi connectivity index (χ3n) is 4.25. The standard InChI is InChI=1S/C19H17F3O3/c20-19(21,22)25-17-9-8-16(15-6-4-13(11-23)5-7-15)10-18(17)24-12-14-2-1-3-14/h4-11,14H,1-3,12H2. The number of rotatable bonds is 6. The number of carbonyl (C=O) groups excluding carboxylic acids is 1. The maximum atomic E-state index is 12.6. The van der Waals surface area contributed by atoms with Crippen LogP contribution in [-0.2, 0) is 0 Å². The fourth-order valence-corrected chi connectivity index (χ4v) is 2.63. The average Bonchev–Trinajstić information content (AvgIpc) is 2.53. The van der Waals surface area contributed by atoms with Crippen LogP contribution in [0.3, 0.4) is 0 Å². The van der Waals surface area contributed by atoms with Gasteiger partial charge in [0.05, 0.1) is 6.61 Å². The van der Waals surface area contributed by atoms with Gasteiger partial charge < -0.3 is 9.47 Å². The summed E-state index contributed by atoms with van der Waals surface area (Å²) in [4.78, 5) is 10.7. The van der Waals surface area contributed by atoms with Crippen LogP contribution >= 0.6 is 0 Å². The normalized spacial score (nSPS) is 14.7. The van der Waals surface area contributed by atoms with Crippen molar-refractivity contribution in [1.29, 1.82) is 0 Å². The summed E-state index contributed by atoms with van der Waals surface area (Å²) in [5, 5.41) is 0. The Balaban J connectivity index is 1.86. The molecule has 25 heavy (non-hydrogen) atoms. The lowest BCUT2D eigenvalue weighted by Crippen LogP contribution is -2.21. The molecule has 1 saturated carbocycles. The summed E-state index contributed by atoms with van der Waals surface area (Å²) >= 11 is 0. The van der Waals surface area contributed by atoms with Gasteiger partial charge in [-0.2, -0.15) is 0 Å². The second-order valence-electron chi connectivity index (χ2n) is 6.06. The quantitative estimate of drug-likeness (QED) is 0.668. The lowest BCUT2D eigenvalue weighted by Gasteiger charge is -2.26. The van der Waals surface area contributed by atoms with Crippen molar-refractivity contribution < 1.29 is 27.4 Å². The molecule has 2 aromatic carbocycles. The van der Waals surface area contributed by atoms with Crippen molar-refractivity contribution in [2.45, 2.75) is 25.6 Å². The molecule has 132 valence electrons. The summed E-state index contributed by atoms with van der Waals surface area (Å²) in [7, 11) is 0. The summed E-state index contributed by atoms with van der Waals surface area (Å²) in [6, 6.07) is 11.1. The van der Waals surface area contributed by atoms with E-state index >= 15 is 0 Å². The number of benzene rings is 2. The van der Waals surface area contributed by atoms with Crippen LogP contribution in [0.1, 0.15) is 29.6 Å². The molecule has 0 aromatic heterocycles. The van der Waals surface area contributed by atoms with Crippen LogP contribution in [-0.4, -0.2) is 19.3 Å². The fourth-order valence-electron chi connectivity index (χ4n) is 2.63. The third kappa shape index (κ3) is 4.53. The minimum Gasteiger partial charge on any atom is -0.489 e. The minimum atomic E-state index is -4.78. The Kier molecular flexibility index (Phi) is 4.97. The number of aldehydes is 1. The highest BCUT2D eigenvalue weighted by atomic mass is 19.4. The molecule has 1 fully saturated rings. The molecule has 0 bridgehead atoms. The Morgan fingerprint density at radius 2 is 1.68 bits per heavy atom. The van der Waals surface area contributed by atoms with Gasteiger partial charge in [-0.25, -0.2) is 0 Å². The van der Waals surface area contributed by atoms with Crippen LogP contribution in [0, 0.1) is 5.92 Å². The van der Waals surface area contributed by atoms with Gasteiger partial charge in [0.15, 0.2) is 11.5 Å². The zero-order valence-corrected chi connectivity index (χ0v) is 13.4. The highest BCUT2D eigenvalue weighted by Gasteiger charge is 2.32. The molecule has 0 saturated heterocycles. The molecule has 0 N–H and O–H groups in total. The molecule has 0 spiro atoms. The van der Waals surface area contributed by atoms with Crippen molar-refractivity contribution in [1.82, 2.24) is 0 Å². The third-order valence-corrected chi connectivity index (χ3v) is 4.25. The predicted molar refractivity (Wildman–Crippen MR) is 86.8 cm³/mol. The van der Waals surface area contributed by atoms with Gasteiger partial charge in [0.25, 0.3) is 0 Å². The van der Waals surface area contributed by atoms with Crippen LogP contribution < -0.4 is 9.47 Å². The highest BCUT2D eigenvalue weighted by molar-refractivity contribution is 5.77. The van der Waals surface area contributed by atoms with Crippen molar-refractivity contribution in [3.05, 3.63) is 48.0 Å². The summed E-state index contributed by atoms with van der Waals surface area (Å²) in [6.45, 7) is 0.377. The van der Waals surface area contributed by atoms with Crippen molar-refractivity contribution in [3.8, 4) is 22.6 Å². The molecule has 0 heterocycles. The maximum Gasteiger partial charge on any atom is 0.573 e. The zero-order chi connectivity index (χ0) is 17.9. The second kappa shape index (κ2) is 7.17. The first-order valence-corrected chi connectivity index (χ1v) is 8.03. The van der Waals surface area contributed by atoms with Crippen LogP contribution in [0.4, 0.5) is 13.2 Å². The Hall–Kier alpha value is -2.50. The Bertz CT molecular complexity index is 735. The van der Waals surface area contributed by atoms with Crippen LogP contribution in [0.2, 0.25) is 0 Å². The van der Waals surface area contributed by atoms with Gasteiger partial charge in [-0.15, -0.1) is 13.2 Å². The molecule has 0 atom stereocenters. The number of alkyl halides is 3. The molecule has 0 aliphatic heterocycles. The van der Waals surface area contributed by atoms with Gasteiger partial charge in [0.1, 0.15) is 6.29 Å². The van der Waals surface area contributed by atoms with Gasteiger partial charge >= 0.3 is 6.36 Å². The van der Waals surface area contributed by atoms with Crippen LogP contribution in [0.5, 0.6) is 11.5 Å². The SMILES string of the molecule is O=Cc1ccc(-c2ccc(OC(F)(F)F)c(OCC3CCC3)c2)cc1. The summed E-state index contributed by atoms with van der Waals surface area (Å²) in [5.41, 5.74) is 2.00. The first kappa shape index (κ1) is 17.3. The minimum absolute atomic E-state index is 0.0705.